The molecule has 1 aromatic heterocycles. The Bertz CT molecular complexity index is 1360. The van der Waals surface area contributed by atoms with Gasteiger partial charge in [0, 0.05) is 43.5 Å². The Balaban J connectivity index is 1.16. The minimum atomic E-state index is -0.634. The van der Waals surface area contributed by atoms with Gasteiger partial charge in [-0.3, -0.25) is 14.3 Å². The van der Waals surface area contributed by atoms with Crippen molar-refractivity contribution in [1.82, 2.24) is 30.3 Å². The highest BCUT2D eigenvalue weighted by atomic mass is 35.5. The number of piperidine rings is 1. The Morgan fingerprint density at radius 3 is 2.56 bits per heavy atom. The summed E-state index contributed by atoms with van der Waals surface area (Å²) in [6.07, 6.45) is 13.4. The summed E-state index contributed by atoms with van der Waals surface area (Å²) in [6.45, 7) is 3.07. The third-order valence-electron chi connectivity index (χ3n) is 10.1. The minimum absolute atomic E-state index is 0.00157. The van der Waals surface area contributed by atoms with Crippen molar-refractivity contribution in [2.24, 2.45) is 11.3 Å². The van der Waals surface area contributed by atoms with Crippen LogP contribution in [0.5, 0.6) is 0 Å². The van der Waals surface area contributed by atoms with E-state index in [4.69, 9.17) is 11.6 Å². The molecule has 0 bridgehead atoms. The molecule has 0 spiro atoms. The average Bonchev–Trinajstić information content (AvgIpc) is 3.55. The van der Waals surface area contributed by atoms with Crippen molar-refractivity contribution in [1.29, 1.82) is 0 Å². The molecule has 2 atom stereocenters. The van der Waals surface area contributed by atoms with Gasteiger partial charge in [0.05, 0.1) is 0 Å². The fourth-order valence-corrected chi connectivity index (χ4v) is 7.84. The van der Waals surface area contributed by atoms with E-state index in [9.17, 15) is 9.59 Å². The van der Waals surface area contributed by atoms with Crippen molar-refractivity contribution in [2.45, 2.75) is 82.8 Å². The van der Waals surface area contributed by atoms with Crippen LogP contribution in [0.25, 0.3) is 0 Å². The molecule has 3 aromatic rings. The molecule has 2 amide bonds. The number of carbonyl (C=O) groups excluding carboxylic acids is 2. The molecule has 3 heterocycles. The van der Waals surface area contributed by atoms with Gasteiger partial charge in [-0.15, -0.1) is 0 Å². The van der Waals surface area contributed by atoms with Crippen molar-refractivity contribution in [3.63, 3.8) is 0 Å². The Hall–Kier alpha value is -3.23. The van der Waals surface area contributed by atoms with Crippen LogP contribution in [-0.4, -0.2) is 57.2 Å². The molecule has 9 heteroatoms. The lowest BCUT2D eigenvalue weighted by Gasteiger charge is -2.48. The lowest BCUT2D eigenvalue weighted by Crippen LogP contribution is -2.55. The van der Waals surface area contributed by atoms with Gasteiger partial charge >= 0.3 is 0 Å². The molecule has 0 radical (unpaired) electrons. The largest absolute Gasteiger partial charge is 0.344 e. The molecule has 2 unspecified atom stereocenters. The zero-order valence-electron chi connectivity index (χ0n) is 24.9. The first-order valence-corrected chi connectivity index (χ1v) is 16.3. The third kappa shape index (κ3) is 7.13. The van der Waals surface area contributed by atoms with E-state index in [1.807, 2.05) is 46.2 Å². The fraction of sp³-hybridized carbons (Fsp3) is 0.529. The maximum atomic E-state index is 14.1. The molecule has 8 nitrogen and oxygen atoms in total. The predicted molar refractivity (Wildman–Crippen MR) is 167 cm³/mol. The number of rotatable bonds is 9. The Kier molecular flexibility index (Phi) is 9.43. The second-order valence-corrected chi connectivity index (χ2v) is 13.2. The van der Waals surface area contributed by atoms with E-state index < -0.39 is 6.04 Å². The number of benzene rings is 2. The summed E-state index contributed by atoms with van der Waals surface area (Å²) in [5, 5.41) is 11.8. The van der Waals surface area contributed by atoms with Crippen LogP contribution in [0.2, 0.25) is 5.02 Å². The zero-order chi connectivity index (χ0) is 29.6. The monoisotopic (exact) mass is 602 g/mol. The van der Waals surface area contributed by atoms with Crippen LogP contribution in [-0.2, 0) is 29.0 Å². The summed E-state index contributed by atoms with van der Waals surface area (Å²) in [6, 6.07) is 15.2. The quantitative estimate of drug-likeness (QED) is 0.354. The molecule has 228 valence electrons. The van der Waals surface area contributed by atoms with Crippen LogP contribution in [0.15, 0.2) is 61.2 Å². The number of nitrogens with zero attached hydrogens (tertiary/aromatic N) is 4. The lowest BCUT2D eigenvalue weighted by molar-refractivity contribution is -0.139. The van der Waals surface area contributed by atoms with Gasteiger partial charge in [0.25, 0.3) is 0 Å². The van der Waals surface area contributed by atoms with Crippen molar-refractivity contribution in [2.75, 3.05) is 19.6 Å². The van der Waals surface area contributed by atoms with Crippen LogP contribution in [0.4, 0.5) is 0 Å². The first-order valence-electron chi connectivity index (χ1n) is 16.0. The highest BCUT2D eigenvalue weighted by Gasteiger charge is 2.44. The molecule has 6 rings (SSSR count). The molecule has 1 saturated heterocycles. The van der Waals surface area contributed by atoms with Gasteiger partial charge in [0.2, 0.25) is 11.8 Å². The summed E-state index contributed by atoms with van der Waals surface area (Å²) in [5.41, 5.74) is 3.55. The van der Waals surface area contributed by atoms with Crippen molar-refractivity contribution in [3.8, 4) is 0 Å². The van der Waals surface area contributed by atoms with Crippen molar-refractivity contribution < 1.29 is 9.59 Å². The maximum Gasteiger partial charge on any atom is 0.245 e. The average molecular weight is 603 g/mol. The molecule has 2 N–H and O–H groups in total. The number of halogens is 1. The van der Waals surface area contributed by atoms with E-state index in [1.54, 1.807) is 6.33 Å². The van der Waals surface area contributed by atoms with Crippen LogP contribution in [0, 0.1) is 11.3 Å². The molecule has 2 aromatic carbocycles. The fourth-order valence-electron chi connectivity index (χ4n) is 7.71. The zero-order valence-corrected chi connectivity index (χ0v) is 25.6. The molecular formula is C34H43ClN6O2. The normalized spacial score (nSPS) is 21.1. The van der Waals surface area contributed by atoms with E-state index >= 15 is 0 Å². The van der Waals surface area contributed by atoms with E-state index in [-0.39, 0.29) is 23.3 Å². The van der Waals surface area contributed by atoms with Crippen molar-refractivity contribution in [3.05, 3.63) is 82.9 Å². The summed E-state index contributed by atoms with van der Waals surface area (Å²) in [4.78, 5) is 33.8. The first-order chi connectivity index (χ1) is 21.0. The SMILES string of the molecule is O=C(CC1NCCc2ccccc21)NC(Cc1ccc(Cl)cc1)C(=O)N1CCC(Cn2cncn2)(C2CCCCC2)CC1. The second kappa shape index (κ2) is 13.6. The van der Waals surface area contributed by atoms with Gasteiger partial charge < -0.3 is 15.5 Å². The Morgan fingerprint density at radius 1 is 1.05 bits per heavy atom. The summed E-state index contributed by atoms with van der Waals surface area (Å²) in [5.74, 6) is 0.526. The predicted octanol–water partition coefficient (Wildman–Crippen LogP) is 5.13. The smallest absolute Gasteiger partial charge is 0.245 e. The molecule has 1 saturated carbocycles. The number of likely N-dealkylation sites (tertiary alicyclic amines) is 1. The third-order valence-corrected chi connectivity index (χ3v) is 10.3. The number of hydrogen-bond donors (Lipinski definition) is 2. The van der Waals surface area contributed by atoms with E-state index in [1.165, 1.54) is 43.2 Å². The highest BCUT2D eigenvalue weighted by molar-refractivity contribution is 6.30. The maximum absolute atomic E-state index is 14.1. The molecule has 2 fully saturated rings. The van der Waals surface area contributed by atoms with Gasteiger partial charge in [-0.25, -0.2) is 4.98 Å². The Labute approximate surface area is 259 Å². The summed E-state index contributed by atoms with van der Waals surface area (Å²) in [7, 11) is 0. The van der Waals surface area contributed by atoms with Gasteiger partial charge in [-0.2, -0.15) is 5.10 Å². The number of hydrogen-bond acceptors (Lipinski definition) is 5. The van der Waals surface area contributed by atoms with E-state index in [0.717, 1.165) is 37.9 Å². The van der Waals surface area contributed by atoms with Gasteiger partial charge in [0.15, 0.2) is 0 Å². The number of fused-ring (bicyclic) bond motifs is 1. The standard InChI is InChI=1S/C34H43ClN6O2/c35-28-12-10-25(11-13-28)20-31(39-32(42)21-30-29-9-5-4-6-26(29)14-17-37-30)33(43)40-18-15-34(16-19-40,22-41-24-36-23-38-41)27-7-2-1-3-8-27/h4-6,9-13,23-24,27,30-31,37H,1-3,7-8,14-22H2,(H,39,42). The van der Waals surface area contributed by atoms with Crippen LogP contribution >= 0.6 is 11.6 Å². The lowest BCUT2D eigenvalue weighted by atomic mass is 9.63. The molecule has 2 aliphatic heterocycles. The van der Waals surface area contributed by atoms with Gasteiger partial charge in [-0.1, -0.05) is 67.3 Å². The second-order valence-electron chi connectivity index (χ2n) is 12.7. The number of aromatic nitrogens is 3. The van der Waals surface area contributed by atoms with E-state index in [0.29, 0.717) is 36.9 Å². The van der Waals surface area contributed by atoms with Crippen LogP contribution < -0.4 is 10.6 Å². The Morgan fingerprint density at radius 2 is 1.81 bits per heavy atom. The van der Waals surface area contributed by atoms with Gasteiger partial charge in [-0.05, 0) is 78.8 Å². The number of amides is 2. The van der Waals surface area contributed by atoms with Crippen LogP contribution in [0.1, 0.15) is 74.1 Å². The highest BCUT2D eigenvalue weighted by Crippen LogP contribution is 2.47. The molecular weight excluding hydrogens is 560 g/mol. The molecule has 43 heavy (non-hydrogen) atoms. The topological polar surface area (TPSA) is 92.2 Å². The van der Waals surface area contributed by atoms with E-state index in [2.05, 4.69) is 38.9 Å². The van der Waals surface area contributed by atoms with Crippen LogP contribution in [0.3, 0.4) is 0 Å². The molecule has 1 aliphatic carbocycles. The number of nitrogens with one attached hydrogen (secondary N) is 2. The minimum Gasteiger partial charge on any atom is -0.344 e. The first kappa shape index (κ1) is 29.8. The van der Waals surface area contributed by atoms with Gasteiger partial charge in [0.1, 0.15) is 18.7 Å². The van der Waals surface area contributed by atoms with Crippen molar-refractivity contribution >= 4 is 23.4 Å². The molecule has 3 aliphatic rings. The summed E-state index contributed by atoms with van der Waals surface area (Å²) < 4.78 is 1.98. The number of carbonyl (C=O) groups is 2. The summed E-state index contributed by atoms with van der Waals surface area (Å²) >= 11 is 6.15.